The predicted octanol–water partition coefficient (Wildman–Crippen LogP) is 2.59. The summed E-state index contributed by atoms with van der Waals surface area (Å²) < 4.78 is 39.7. The second-order valence-electron chi connectivity index (χ2n) is 3.50. The summed E-state index contributed by atoms with van der Waals surface area (Å²) >= 11 is 1.94. The number of aromatic carboxylic acids is 1. The van der Waals surface area contributed by atoms with Crippen molar-refractivity contribution >= 4 is 28.6 Å². The summed E-state index contributed by atoms with van der Waals surface area (Å²) in [5.74, 6) is -1.69. The van der Waals surface area contributed by atoms with Crippen LogP contribution in [0.1, 0.15) is 15.9 Å². The number of hydrogen-bond acceptors (Lipinski definition) is 3. The van der Waals surface area contributed by atoms with Gasteiger partial charge in [0.25, 0.3) is 0 Å². The maximum Gasteiger partial charge on any atom is 0.418 e. The molecule has 0 amide bonds. The molecule has 0 radical (unpaired) electrons. The van der Waals surface area contributed by atoms with E-state index in [1.54, 1.807) is 0 Å². The summed E-state index contributed by atoms with van der Waals surface area (Å²) in [5.41, 5.74) is -2.07. The van der Waals surface area contributed by atoms with Gasteiger partial charge in [0.1, 0.15) is 0 Å². The molecule has 0 bridgehead atoms. The van der Waals surface area contributed by atoms with E-state index >= 15 is 0 Å². The molecule has 5 nitrogen and oxygen atoms in total. The Morgan fingerprint density at radius 2 is 1.84 bits per heavy atom. The third-order valence-corrected chi connectivity index (χ3v) is 2.76. The van der Waals surface area contributed by atoms with Crippen LogP contribution in [-0.2, 0) is 6.18 Å². The standard InChI is InChI=1S/C10H5F3IN3O2/c11-10(12,13)7-4-17(3-6(7)8(18)19)9-15-1-5(14)2-16-9/h1-4H,(H,18,19). The smallest absolute Gasteiger partial charge is 0.418 e. The summed E-state index contributed by atoms with van der Waals surface area (Å²) in [5, 5.41) is 8.78. The van der Waals surface area contributed by atoms with Gasteiger partial charge in [0, 0.05) is 28.4 Å². The van der Waals surface area contributed by atoms with Crippen LogP contribution in [-0.4, -0.2) is 25.6 Å². The van der Waals surface area contributed by atoms with E-state index in [0.29, 0.717) is 9.77 Å². The Balaban J connectivity index is 2.55. The Kier molecular flexibility index (Phi) is 3.47. The van der Waals surface area contributed by atoms with E-state index in [1.165, 1.54) is 12.4 Å². The molecular formula is C10H5F3IN3O2. The molecule has 0 aliphatic carbocycles. The Morgan fingerprint density at radius 3 is 2.26 bits per heavy atom. The molecule has 0 atom stereocenters. The molecule has 0 saturated heterocycles. The average Bonchev–Trinajstić information content (AvgIpc) is 2.74. The molecule has 2 aromatic rings. The SMILES string of the molecule is O=C(O)c1cn(-c2ncc(I)cn2)cc1C(F)(F)F. The van der Waals surface area contributed by atoms with Crippen LogP contribution in [0.5, 0.6) is 0 Å². The number of carbonyl (C=O) groups is 1. The summed E-state index contributed by atoms with van der Waals surface area (Å²) in [6.07, 6.45) is -0.422. The lowest BCUT2D eigenvalue weighted by Crippen LogP contribution is -2.09. The van der Waals surface area contributed by atoms with Crippen LogP contribution in [0, 0.1) is 3.57 Å². The first-order valence-corrected chi connectivity index (χ1v) is 5.87. The quantitative estimate of drug-likeness (QED) is 0.810. The van der Waals surface area contributed by atoms with Gasteiger partial charge in [0.05, 0.1) is 11.1 Å². The lowest BCUT2D eigenvalue weighted by atomic mass is 10.2. The van der Waals surface area contributed by atoms with Gasteiger partial charge in [-0.05, 0) is 22.6 Å². The molecule has 1 N–H and O–H groups in total. The van der Waals surface area contributed by atoms with Crippen molar-refractivity contribution < 1.29 is 23.1 Å². The van der Waals surface area contributed by atoms with Crippen molar-refractivity contribution in [1.82, 2.24) is 14.5 Å². The first-order valence-electron chi connectivity index (χ1n) is 4.79. The molecule has 2 aromatic heterocycles. The topological polar surface area (TPSA) is 68.0 Å². The Bertz CT molecular complexity index is 622. The highest BCUT2D eigenvalue weighted by Gasteiger charge is 2.37. The van der Waals surface area contributed by atoms with Crippen molar-refractivity contribution in [2.75, 3.05) is 0 Å². The fourth-order valence-corrected chi connectivity index (χ4v) is 1.68. The molecule has 0 spiro atoms. The second-order valence-corrected chi connectivity index (χ2v) is 4.74. The third-order valence-electron chi connectivity index (χ3n) is 2.20. The van der Waals surface area contributed by atoms with Crippen LogP contribution in [0.2, 0.25) is 0 Å². The van der Waals surface area contributed by atoms with Gasteiger partial charge in [0.2, 0.25) is 5.95 Å². The highest BCUT2D eigenvalue weighted by Crippen LogP contribution is 2.33. The van der Waals surface area contributed by atoms with Gasteiger partial charge < -0.3 is 5.11 Å². The van der Waals surface area contributed by atoms with Gasteiger partial charge in [-0.3, -0.25) is 4.57 Å². The number of hydrogen-bond donors (Lipinski definition) is 1. The van der Waals surface area contributed by atoms with Crippen molar-refractivity contribution in [2.24, 2.45) is 0 Å². The fourth-order valence-electron chi connectivity index (χ4n) is 1.41. The van der Waals surface area contributed by atoms with Gasteiger partial charge in [0.15, 0.2) is 0 Å². The largest absolute Gasteiger partial charge is 0.478 e. The molecule has 9 heteroatoms. The Hall–Kier alpha value is -1.65. The fraction of sp³-hybridized carbons (Fsp3) is 0.100. The van der Waals surface area contributed by atoms with E-state index in [4.69, 9.17) is 5.11 Å². The van der Waals surface area contributed by atoms with E-state index in [-0.39, 0.29) is 5.95 Å². The zero-order valence-electron chi connectivity index (χ0n) is 9.02. The number of alkyl halides is 3. The molecule has 0 unspecified atom stereocenters. The first kappa shape index (κ1) is 13.8. The van der Waals surface area contributed by atoms with Gasteiger partial charge in [-0.1, -0.05) is 0 Å². The Labute approximate surface area is 118 Å². The monoisotopic (exact) mass is 383 g/mol. The van der Waals surface area contributed by atoms with Crippen LogP contribution in [0.15, 0.2) is 24.8 Å². The minimum Gasteiger partial charge on any atom is -0.478 e. The number of nitrogens with zero attached hydrogens (tertiary/aromatic N) is 3. The third kappa shape index (κ3) is 2.85. The van der Waals surface area contributed by atoms with Crippen molar-refractivity contribution in [2.45, 2.75) is 6.18 Å². The molecular weight excluding hydrogens is 378 g/mol. The Morgan fingerprint density at radius 1 is 1.26 bits per heavy atom. The van der Waals surface area contributed by atoms with Crippen molar-refractivity contribution in [3.8, 4) is 5.95 Å². The number of aromatic nitrogens is 3. The van der Waals surface area contributed by atoms with Gasteiger partial charge in [-0.2, -0.15) is 13.2 Å². The van der Waals surface area contributed by atoms with Gasteiger partial charge >= 0.3 is 12.1 Å². The first-order chi connectivity index (χ1) is 8.79. The molecule has 2 rings (SSSR count). The second kappa shape index (κ2) is 4.79. The maximum absolute atomic E-state index is 12.7. The molecule has 100 valence electrons. The van der Waals surface area contributed by atoms with Crippen molar-refractivity contribution in [3.05, 3.63) is 39.5 Å². The number of carboxylic acids is 1. The van der Waals surface area contributed by atoms with E-state index in [9.17, 15) is 18.0 Å². The maximum atomic E-state index is 12.7. The number of halogens is 4. The minimum absolute atomic E-state index is 0.0292. The number of rotatable bonds is 2. The van der Waals surface area contributed by atoms with Crippen molar-refractivity contribution in [3.63, 3.8) is 0 Å². The van der Waals surface area contributed by atoms with Crippen LogP contribution < -0.4 is 0 Å². The lowest BCUT2D eigenvalue weighted by molar-refractivity contribution is -0.138. The van der Waals surface area contributed by atoms with Crippen LogP contribution in [0.3, 0.4) is 0 Å². The zero-order valence-corrected chi connectivity index (χ0v) is 11.2. The van der Waals surface area contributed by atoms with Crippen molar-refractivity contribution in [1.29, 1.82) is 0 Å². The highest BCUT2D eigenvalue weighted by atomic mass is 127. The van der Waals surface area contributed by atoms with Crippen LogP contribution in [0.25, 0.3) is 5.95 Å². The van der Waals surface area contributed by atoms with Gasteiger partial charge in [-0.15, -0.1) is 0 Å². The van der Waals surface area contributed by atoms with E-state index < -0.39 is 23.3 Å². The minimum atomic E-state index is -4.75. The highest BCUT2D eigenvalue weighted by molar-refractivity contribution is 14.1. The van der Waals surface area contributed by atoms with Crippen LogP contribution >= 0.6 is 22.6 Å². The molecule has 0 fully saturated rings. The molecule has 2 heterocycles. The summed E-state index contributed by atoms with van der Waals surface area (Å²) in [6, 6.07) is 0. The normalized spacial score (nSPS) is 11.6. The number of carboxylic acid groups (broad SMARTS) is 1. The zero-order chi connectivity index (χ0) is 14.2. The molecule has 19 heavy (non-hydrogen) atoms. The predicted molar refractivity (Wildman–Crippen MR) is 66.0 cm³/mol. The van der Waals surface area contributed by atoms with E-state index in [1.807, 2.05) is 22.6 Å². The molecule has 0 aliphatic rings. The molecule has 0 aromatic carbocycles. The summed E-state index contributed by atoms with van der Waals surface area (Å²) in [6.45, 7) is 0. The molecule has 0 aliphatic heterocycles. The van der Waals surface area contributed by atoms with E-state index in [0.717, 1.165) is 10.8 Å². The summed E-state index contributed by atoms with van der Waals surface area (Å²) in [7, 11) is 0. The van der Waals surface area contributed by atoms with Crippen LogP contribution in [0.4, 0.5) is 13.2 Å². The average molecular weight is 383 g/mol. The summed E-state index contributed by atoms with van der Waals surface area (Å²) in [4.78, 5) is 18.5. The van der Waals surface area contributed by atoms with E-state index in [2.05, 4.69) is 9.97 Å². The molecule has 0 saturated carbocycles. The lowest BCUT2D eigenvalue weighted by Gasteiger charge is -2.04. The van der Waals surface area contributed by atoms with Gasteiger partial charge in [-0.25, -0.2) is 14.8 Å².